The van der Waals surface area contributed by atoms with Gasteiger partial charge < -0.3 is 15.8 Å². The molecule has 116 valence electrons. The van der Waals surface area contributed by atoms with Gasteiger partial charge >= 0.3 is 0 Å². The molecule has 0 heterocycles. The molecule has 0 bridgehead atoms. The summed E-state index contributed by atoms with van der Waals surface area (Å²) in [6.45, 7) is 3.27. The van der Waals surface area contributed by atoms with Crippen LogP contribution in [0.2, 0.25) is 0 Å². The summed E-state index contributed by atoms with van der Waals surface area (Å²) in [6, 6.07) is 7.97. The van der Waals surface area contributed by atoms with Crippen LogP contribution < -0.4 is 15.8 Å². The van der Waals surface area contributed by atoms with Crippen molar-refractivity contribution in [3.05, 3.63) is 29.8 Å². The van der Waals surface area contributed by atoms with Crippen LogP contribution in [-0.4, -0.2) is 25.1 Å². The zero-order chi connectivity index (χ0) is 15.1. The molecule has 4 heteroatoms. The van der Waals surface area contributed by atoms with Crippen molar-refractivity contribution in [2.45, 2.75) is 45.1 Å². The van der Waals surface area contributed by atoms with Gasteiger partial charge in [0.15, 0.2) is 0 Å². The number of ether oxygens (including phenoxy) is 1. The third kappa shape index (κ3) is 4.74. The predicted octanol–water partition coefficient (Wildman–Crippen LogP) is 2.26. The summed E-state index contributed by atoms with van der Waals surface area (Å²) >= 11 is 0. The van der Waals surface area contributed by atoms with Crippen molar-refractivity contribution in [2.75, 3.05) is 13.2 Å². The molecule has 1 amide bonds. The average molecular weight is 290 g/mol. The highest BCUT2D eigenvalue weighted by Gasteiger charge is 2.25. The second kappa shape index (κ2) is 8.03. The maximum absolute atomic E-state index is 12.2. The summed E-state index contributed by atoms with van der Waals surface area (Å²) in [4.78, 5) is 12.2. The summed E-state index contributed by atoms with van der Waals surface area (Å²) in [6.07, 6.45) is 5.01. The van der Waals surface area contributed by atoms with Crippen LogP contribution in [0.4, 0.5) is 0 Å². The number of benzene rings is 1. The number of rotatable bonds is 6. The standard InChI is InChI=1S/C17H26N2O2/c1-2-21-15-9-7-13(8-10-15)11-17(20)19-16-6-4-3-5-14(16)12-18/h7-10,14,16H,2-6,11-12,18H2,1H3,(H,19,20). The van der Waals surface area contributed by atoms with Gasteiger partial charge in [-0.1, -0.05) is 25.0 Å². The highest BCUT2D eigenvalue weighted by Crippen LogP contribution is 2.23. The van der Waals surface area contributed by atoms with Crippen LogP contribution >= 0.6 is 0 Å². The van der Waals surface area contributed by atoms with Gasteiger partial charge in [-0.2, -0.15) is 0 Å². The van der Waals surface area contributed by atoms with E-state index in [0.717, 1.165) is 24.2 Å². The molecule has 1 aliphatic rings. The summed E-state index contributed by atoms with van der Waals surface area (Å²) < 4.78 is 5.40. The predicted molar refractivity (Wildman–Crippen MR) is 84.3 cm³/mol. The van der Waals surface area contributed by atoms with Crippen LogP contribution in [0.3, 0.4) is 0 Å². The Bertz CT molecular complexity index is 445. The minimum Gasteiger partial charge on any atom is -0.494 e. The lowest BCUT2D eigenvalue weighted by Crippen LogP contribution is -2.45. The molecule has 4 nitrogen and oxygen atoms in total. The molecule has 0 radical (unpaired) electrons. The minimum atomic E-state index is 0.0875. The van der Waals surface area contributed by atoms with E-state index in [9.17, 15) is 4.79 Å². The Morgan fingerprint density at radius 2 is 2.00 bits per heavy atom. The maximum Gasteiger partial charge on any atom is 0.224 e. The van der Waals surface area contributed by atoms with Crippen molar-refractivity contribution in [3.8, 4) is 5.75 Å². The van der Waals surface area contributed by atoms with Gasteiger partial charge in [0.25, 0.3) is 0 Å². The number of carbonyl (C=O) groups excluding carboxylic acids is 1. The molecule has 1 saturated carbocycles. The van der Waals surface area contributed by atoms with Gasteiger partial charge in [0.05, 0.1) is 13.0 Å². The zero-order valence-corrected chi connectivity index (χ0v) is 12.8. The molecule has 0 spiro atoms. The van der Waals surface area contributed by atoms with Gasteiger partial charge in [-0.25, -0.2) is 0 Å². The SMILES string of the molecule is CCOc1ccc(CC(=O)NC2CCCCC2CN)cc1. The van der Waals surface area contributed by atoms with E-state index < -0.39 is 0 Å². The second-order valence-electron chi connectivity index (χ2n) is 5.71. The molecule has 0 aliphatic heterocycles. The fraction of sp³-hybridized carbons (Fsp3) is 0.588. The topological polar surface area (TPSA) is 64.3 Å². The smallest absolute Gasteiger partial charge is 0.224 e. The monoisotopic (exact) mass is 290 g/mol. The van der Waals surface area contributed by atoms with Gasteiger partial charge in [-0.05, 0) is 49.9 Å². The van der Waals surface area contributed by atoms with Gasteiger partial charge in [0.2, 0.25) is 5.91 Å². The molecule has 3 N–H and O–H groups in total. The molecular weight excluding hydrogens is 264 g/mol. The molecule has 0 saturated heterocycles. The first-order valence-corrected chi connectivity index (χ1v) is 7.94. The Morgan fingerprint density at radius 1 is 1.29 bits per heavy atom. The van der Waals surface area contributed by atoms with Gasteiger partial charge in [-0.15, -0.1) is 0 Å². The van der Waals surface area contributed by atoms with Crippen LogP contribution in [0.25, 0.3) is 0 Å². The van der Waals surface area contributed by atoms with E-state index in [-0.39, 0.29) is 11.9 Å². The Hall–Kier alpha value is -1.55. The first-order valence-electron chi connectivity index (χ1n) is 7.94. The molecular formula is C17H26N2O2. The molecule has 1 aliphatic carbocycles. The van der Waals surface area contributed by atoms with E-state index in [2.05, 4.69) is 5.32 Å². The quantitative estimate of drug-likeness (QED) is 0.844. The number of nitrogens with one attached hydrogen (secondary N) is 1. The van der Waals surface area contributed by atoms with E-state index in [1.165, 1.54) is 12.8 Å². The summed E-state index contributed by atoms with van der Waals surface area (Å²) in [5, 5.41) is 3.16. The van der Waals surface area contributed by atoms with Gasteiger partial charge in [0, 0.05) is 6.04 Å². The Kier molecular flexibility index (Phi) is 6.05. The van der Waals surface area contributed by atoms with Crippen LogP contribution in [0.15, 0.2) is 24.3 Å². The Labute approximate surface area is 127 Å². The van der Waals surface area contributed by atoms with Crippen LogP contribution in [0.5, 0.6) is 5.75 Å². The van der Waals surface area contributed by atoms with Crippen molar-refractivity contribution in [1.29, 1.82) is 0 Å². The molecule has 2 rings (SSSR count). The van der Waals surface area contributed by atoms with Crippen LogP contribution in [-0.2, 0) is 11.2 Å². The summed E-state index contributed by atoms with van der Waals surface area (Å²) in [7, 11) is 0. The third-order valence-electron chi connectivity index (χ3n) is 4.16. The molecule has 1 aromatic carbocycles. The van der Waals surface area contributed by atoms with Gasteiger partial charge in [-0.3, -0.25) is 4.79 Å². The average Bonchev–Trinajstić information content (AvgIpc) is 2.50. The maximum atomic E-state index is 12.2. The molecule has 1 aromatic rings. The van der Waals surface area contributed by atoms with Crippen molar-refractivity contribution in [1.82, 2.24) is 5.32 Å². The molecule has 21 heavy (non-hydrogen) atoms. The Balaban J connectivity index is 1.85. The lowest BCUT2D eigenvalue weighted by molar-refractivity contribution is -0.121. The van der Waals surface area contributed by atoms with Crippen molar-refractivity contribution >= 4 is 5.91 Å². The number of nitrogens with two attached hydrogens (primary N) is 1. The lowest BCUT2D eigenvalue weighted by Gasteiger charge is -2.31. The van der Waals surface area contributed by atoms with Crippen LogP contribution in [0, 0.1) is 5.92 Å². The third-order valence-corrected chi connectivity index (χ3v) is 4.16. The first-order chi connectivity index (χ1) is 10.2. The summed E-state index contributed by atoms with van der Waals surface area (Å²) in [5.41, 5.74) is 6.81. The summed E-state index contributed by atoms with van der Waals surface area (Å²) in [5.74, 6) is 1.37. The highest BCUT2D eigenvalue weighted by atomic mass is 16.5. The lowest BCUT2D eigenvalue weighted by atomic mass is 9.84. The number of hydrogen-bond acceptors (Lipinski definition) is 3. The largest absolute Gasteiger partial charge is 0.494 e. The number of amides is 1. The van der Waals surface area contributed by atoms with E-state index in [1.807, 2.05) is 31.2 Å². The Morgan fingerprint density at radius 3 is 2.67 bits per heavy atom. The minimum absolute atomic E-state index is 0.0875. The van der Waals surface area contributed by atoms with E-state index in [1.54, 1.807) is 0 Å². The first kappa shape index (κ1) is 15.8. The molecule has 2 atom stereocenters. The van der Waals surface area contributed by atoms with Crippen molar-refractivity contribution < 1.29 is 9.53 Å². The van der Waals surface area contributed by atoms with Crippen LogP contribution in [0.1, 0.15) is 38.2 Å². The van der Waals surface area contributed by atoms with E-state index in [0.29, 0.717) is 25.5 Å². The van der Waals surface area contributed by atoms with E-state index in [4.69, 9.17) is 10.5 Å². The zero-order valence-electron chi connectivity index (χ0n) is 12.8. The molecule has 0 aromatic heterocycles. The van der Waals surface area contributed by atoms with Crippen molar-refractivity contribution in [3.63, 3.8) is 0 Å². The normalized spacial score (nSPS) is 21.8. The fourth-order valence-corrected chi connectivity index (χ4v) is 2.99. The highest BCUT2D eigenvalue weighted by molar-refractivity contribution is 5.78. The second-order valence-corrected chi connectivity index (χ2v) is 5.71. The fourth-order valence-electron chi connectivity index (χ4n) is 2.99. The van der Waals surface area contributed by atoms with Gasteiger partial charge in [0.1, 0.15) is 5.75 Å². The number of hydrogen-bond donors (Lipinski definition) is 2. The van der Waals surface area contributed by atoms with Crippen molar-refractivity contribution in [2.24, 2.45) is 11.7 Å². The van der Waals surface area contributed by atoms with E-state index >= 15 is 0 Å². The molecule has 1 fully saturated rings. The number of carbonyl (C=O) groups is 1. The molecule has 2 unspecified atom stereocenters.